The number of fused-ring (bicyclic) bond motifs is 1. The molecule has 0 aliphatic rings. The highest BCUT2D eigenvalue weighted by Gasteiger charge is 2.19. The summed E-state index contributed by atoms with van der Waals surface area (Å²) in [6.07, 6.45) is 2.85. The predicted octanol–water partition coefficient (Wildman–Crippen LogP) is 2.75. The van der Waals surface area contributed by atoms with Crippen molar-refractivity contribution in [2.45, 2.75) is 26.3 Å². The number of amides is 1. The van der Waals surface area contributed by atoms with Crippen molar-refractivity contribution >= 4 is 45.1 Å². The Morgan fingerprint density at radius 3 is 2.63 bits per heavy atom. The fraction of sp³-hybridized carbons (Fsp3) is 0.250. The molecule has 0 radical (unpaired) electrons. The van der Waals surface area contributed by atoms with Crippen LogP contribution in [0.3, 0.4) is 0 Å². The van der Waals surface area contributed by atoms with Gasteiger partial charge in [-0.2, -0.15) is 0 Å². The number of thiophene rings is 1. The molecule has 10 heteroatoms. The second kappa shape index (κ2) is 9.31. The lowest BCUT2D eigenvalue weighted by molar-refractivity contribution is -0.116. The van der Waals surface area contributed by atoms with Crippen LogP contribution >= 0.6 is 11.3 Å². The van der Waals surface area contributed by atoms with Crippen LogP contribution in [0.15, 0.2) is 40.8 Å². The highest BCUT2D eigenvalue weighted by Crippen LogP contribution is 2.21. The number of ether oxygens (including phenoxy) is 1. The lowest BCUT2D eigenvalue weighted by Gasteiger charge is -2.08. The van der Waals surface area contributed by atoms with Crippen LogP contribution in [0, 0.1) is 0 Å². The quantitative estimate of drug-likeness (QED) is 0.416. The van der Waals surface area contributed by atoms with E-state index in [0.717, 1.165) is 28.7 Å². The minimum absolute atomic E-state index is 0.0923. The molecular weight excluding hydrogens is 410 g/mol. The molecule has 0 fully saturated rings. The van der Waals surface area contributed by atoms with E-state index < -0.39 is 23.4 Å². The summed E-state index contributed by atoms with van der Waals surface area (Å²) in [6, 6.07) is 5.63. The number of carbonyl (C=O) groups is 3. The summed E-state index contributed by atoms with van der Waals surface area (Å²) < 4.78 is 6.30. The van der Waals surface area contributed by atoms with Crippen molar-refractivity contribution in [1.82, 2.24) is 9.55 Å². The number of esters is 1. The number of carboxylic acid groups (broad SMARTS) is 1. The van der Waals surface area contributed by atoms with E-state index in [1.165, 1.54) is 36.0 Å². The van der Waals surface area contributed by atoms with Crippen molar-refractivity contribution in [3.63, 3.8) is 0 Å². The molecule has 0 unspecified atom stereocenters. The van der Waals surface area contributed by atoms with Gasteiger partial charge in [0.25, 0.3) is 5.56 Å². The first-order chi connectivity index (χ1) is 14.4. The molecule has 2 heterocycles. The normalized spacial score (nSPS) is 10.7. The molecule has 0 saturated carbocycles. The molecule has 0 saturated heterocycles. The molecule has 2 N–H and O–H groups in total. The molecule has 1 amide bonds. The number of nitrogens with one attached hydrogen (secondary N) is 1. The SMILES string of the molecule is CCCCOC(=O)c1csc2ncn(CC(=O)Nc3ccc(C(=O)O)cc3)c(=O)c12. The van der Waals surface area contributed by atoms with E-state index in [0.29, 0.717) is 10.5 Å². The van der Waals surface area contributed by atoms with Crippen LogP contribution in [-0.2, 0) is 16.1 Å². The van der Waals surface area contributed by atoms with Crippen LogP contribution in [0.4, 0.5) is 5.69 Å². The second-order valence-corrected chi connectivity index (χ2v) is 7.29. The molecule has 1 aromatic carbocycles. The van der Waals surface area contributed by atoms with Crippen molar-refractivity contribution in [3.05, 3.63) is 57.5 Å². The zero-order valence-electron chi connectivity index (χ0n) is 16.1. The fourth-order valence-corrected chi connectivity index (χ4v) is 3.54. The molecule has 0 aliphatic heterocycles. The molecule has 30 heavy (non-hydrogen) atoms. The van der Waals surface area contributed by atoms with Crippen LogP contribution in [0.2, 0.25) is 0 Å². The number of anilines is 1. The van der Waals surface area contributed by atoms with Crippen LogP contribution in [0.25, 0.3) is 10.2 Å². The van der Waals surface area contributed by atoms with E-state index in [2.05, 4.69) is 10.3 Å². The Morgan fingerprint density at radius 2 is 1.97 bits per heavy atom. The first kappa shape index (κ1) is 21.2. The summed E-state index contributed by atoms with van der Waals surface area (Å²) in [4.78, 5) is 52.9. The third-order valence-electron chi connectivity index (χ3n) is 4.24. The average molecular weight is 429 g/mol. The lowest BCUT2D eigenvalue weighted by atomic mass is 10.2. The van der Waals surface area contributed by atoms with Crippen molar-refractivity contribution in [1.29, 1.82) is 0 Å². The van der Waals surface area contributed by atoms with Gasteiger partial charge in [0.2, 0.25) is 5.91 Å². The molecule has 0 atom stereocenters. The number of aromatic carboxylic acids is 1. The third-order valence-corrected chi connectivity index (χ3v) is 5.13. The summed E-state index contributed by atoms with van der Waals surface area (Å²) in [5, 5.41) is 13.2. The molecule has 156 valence electrons. The Labute approximate surface area is 174 Å². The Balaban J connectivity index is 1.77. The van der Waals surface area contributed by atoms with Gasteiger partial charge in [0.1, 0.15) is 11.4 Å². The van der Waals surface area contributed by atoms with Crippen LogP contribution in [0.5, 0.6) is 0 Å². The van der Waals surface area contributed by atoms with Gasteiger partial charge in [-0.3, -0.25) is 14.2 Å². The minimum Gasteiger partial charge on any atom is -0.478 e. The van der Waals surface area contributed by atoms with Crippen molar-refractivity contribution < 1.29 is 24.2 Å². The molecule has 0 aliphatic carbocycles. The topological polar surface area (TPSA) is 128 Å². The highest BCUT2D eigenvalue weighted by molar-refractivity contribution is 7.17. The van der Waals surface area contributed by atoms with Crippen molar-refractivity contribution in [3.8, 4) is 0 Å². The van der Waals surface area contributed by atoms with Gasteiger partial charge in [0.05, 0.1) is 29.4 Å². The van der Waals surface area contributed by atoms with E-state index in [1.807, 2.05) is 6.92 Å². The number of nitrogens with zero attached hydrogens (tertiary/aromatic N) is 2. The Morgan fingerprint density at radius 1 is 1.23 bits per heavy atom. The largest absolute Gasteiger partial charge is 0.478 e. The van der Waals surface area contributed by atoms with E-state index in [9.17, 15) is 19.2 Å². The van der Waals surface area contributed by atoms with Crippen LogP contribution in [0.1, 0.15) is 40.5 Å². The molecule has 0 bridgehead atoms. The number of benzene rings is 1. The molecular formula is C20H19N3O6S. The van der Waals surface area contributed by atoms with E-state index in [1.54, 1.807) is 0 Å². The number of hydrogen-bond acceptors (Lipinski definition) is 7. The number of hydrogen-bond donors (Lipinski definition) is 2. The van der Waals surface area contributed by atoms with Gasteiger partial charge in [0, 0.05) is 11.1 Å². The zero-order chi connectivity index (χ0) is 21.7. The summed E-state index contributed by atoms with van der Waals surface area (Å²) in [6.45, 7) is 1.93. The number of unbranched alkanes of at least 4 members (excludes halogenated alkanes) is 1. The van der Waals surface area contributed by atoms with Gasteiger partial charge in [-0.05, 0) is 30.7 Å². The molecule has 2 aromatic heterocycles. The maximum atomic E-state index is 12.8. The van der Waals surface area contributed by atoms with Crippen LogP contribution < -0.4 is 10.9 Å². The van der Waals surface area contributed by atoms with Gasteiger partial charge in [-0.1, -0.05) is 13.3 Å². The molecule has 0 spiro atoms. The minimum atomic E-state index is -1.07. The smallest absolute Gasteiger partial charge is 0.339 e. The number of aromatic nitrogens is 2. The van der Waals surface area contributed by atoms with Gasteiger partial charge < -0.3 is 15.2 Å². The average Bonchev–Trinajstić information content (AvgIpc) is 3.15. The van der Waals surface area contributed by atoms with E-state index in [-0.39, 0.29) is 29.7 Å². The van der Waals surface area contributed by atoms with Crippen molar-refractivity contribution in [2.24, 2.45) is 0 Å². The monoisotopic (exact) mass is 429 g/mol. The van der Waals surface area contributed by atoms with Crippen LogP contribution in [-0.4, -0.2) is 39.1 Å². The fourth-order valence-electron chi connectivity index (χ4n) is 2.67. The number of carboxylic acids is 1. The maximum Gasteiger partial charge on any atom is 0.339 e. The molecule has 3 rings (SSSR count). The van der Waals surface area contributed by atoms with Crippen molar-refractivity contribution in [2.75, 3.05) is 11.9 Å². The molecule has 3 aromatic rings. The van der Waals surface area contributed by atoms with E-state index >= 15 is 0 Å². The lowest BCUT2D eigenvalue weighted by Crippen LogP contribution is -2.28. The Hall–Kier alpha value is -3.53. The van der Waals surface area contributed by atoms with Gasteiger partial charge in [-0.15, -0.1) is 11.3 Å². The zero-order valence-corrected chi connectivity index (χ0v) is 16.9. The summed E-state index contributed by atoms with van der Waals surface area (Å²) in [7, 11) is 0. The Kier molecular flexibility index (Phi) is 6.58. The standard InChI is InChI=1S/C20H19N3O6S/c1-2-3-8-29-20(28)14-10-30-17-16(14)18(25)23(11-21-17)9-15(24)22-13-6-4-12(5-7-13)19(26)27/h4-7,10-11H,2-3,8-9H2,1H3,(H,22,24)(H,26,27). The third kappa shape index (κ3) is 4.71. The van der Waals surface area contributed by atoms with Gasteiger partial charge >= 0.3 is 11.9 Å². The van der Waals surface area contributed by atoms with E-state index in [4.69, 9.17) is 9.84 Å². The summed E-state index contributed by atoms with van der Waals surface area (Å²) in [5.74, 6) is -2.16. The first-order valence-corrected chi connectivity index (χ1v) is 10.1. The number of rotatable bonds is 8. The molecule has 9 nitrogen and oxygen atoms in total. The predicted molar refractivity (Wildman–Crippen MR) is 111 cm³/mol. The first-order valence-electron chi connectivity index (χ1n) is 9.17. The summed E-state index contributed by atoms with van der Waals surface area (Å²) in [5.41, 5.74) is 0.111. The Bertz CT molecular complexity index is 1150. The van der Waals surface area contributed by atoms with Gasteiger partial charge in [-0.25, -0.2) is 14.6 Å². The number of carbonyl (C=O) groups excluding carboxylic acids is 2. The highest BCUT2D eigenvalue weighted by atomic mass is 32.1. The van der Waals surface area contributed by atoms with Gasteiger partial charge in [0.15, 0.2) is 0 Å². The summed E-state index contributed by atoms with van der Waals surface area (Å²) >= 11 is 1.16. The maximum absolute atomic E-state index is 12.8. The second-order valence-electron chi connectivity index (χ2n) is 6.43.